The molecular formula is C34H38N6O4. The molecule has 0 bridgehead atoms. The van der Waals surface area contributed by atoms with Crippen molar-refractivity contribution in [1.82, 2.24) is 9.55 Å². The smallest absolute Gasteiger partial charge is 0.274 e. The van der Waals surface area contributed by atoms with Crippen LogP contribution in [-0.4, -0.2) is 67.0 Å². The van der Waals surface area contributed by atoms with Gasteiger partial charge in [0.25, 0.3) is 11.5 Å². The Morgan fingerprint density at radius 2 is 1.84 bits per heavy atom. The van der Waals surface area contributed by atoms with Gasteiger partial charge in [0.05, 0.1) is 37.4 Å². The van der Waals surface area contributed by atoms with E-state index >= 15 is 0 Å². The number of amides is 1. The van der Waals surface area contributed by atoms with E-state index in [9.17, 15) is 14.7 Å². The summed E-state index contributed by atoms with van der Waals surface area (Å²) >= 11 is 0. The number of carbonyl (C=O) groups excluding carboxylic acids is 1. The van der Waals surface area contributed by atoms with E-state index in [1.807, 2.05) is 49.5 Å². The first-order valence-electron chi connectivity index (χ1n) is 15.0. The number of hydrogen-bond donors (Lipinski definition) is 2. The average Bonchev–Trinajstić information content (AvgIpc) is 3.06. The molecule has 0 unspecified atom stereocenters. The molecule has 10 heteroatoms. The number of fused-ring (bicyclic) bond motifs is 1. The fourth-order valence-electron chi connectivity index (χ4n) is 5.94. The van der Waals surface area contributed by atoms with E-state index in [2.05, 4.69) is 33.1 Å². The molecule has 4 aromatic rings. The molecule has 1 amide bonds. The van der Waals surface area contributed by atoms with Gasteiger partial charge in [0, 0.05) is 68.8 Å². The lowest BCUT2D eigenvalue weighted by Crippen LogP contribution is -2.38. The first-order chi connectivity index (χ1) is 21.4. The predicted molar refractivity (Wildman–Crippen MR) is 174 cm³/mol. The number of anilines is 5. The highest BCUT2D eigenvalue weighted by molar-refractivity contribution is 6.09. The molecule has 1 saturated heterocycles. The van der Waals surface area contributed by atoms with Gasteiger partial charge in [-0.3, -0.25) is 9.59 Å². The molecule has 2 N–H and O–H groups in total. The van der Waals surface area contributed by atoms with Gasteiger partial charge in [0.2, 0.25) is 0 Å². The second-order valence-electron chi connectivity index (χ2n) is 11.2. The Labute approximate surface area is 257 Å². The molecule has 0 spiro atoms. The number of carbonyl (C=O) groups is 1. The largest absolute Gasteiger partial charge is 0.392 e. The van der Waals surface area contributed by atoms with E-state index in [1.54, 1.807) is 30.4 Å². The summed E-state index contributed by atoms with van der Waals surface area (Å²) in [6.07, 6.45) is 4.26. The Morgan fingerprint density at radius 1 is 1.02 bits per heavy atom. The summed E-state index contributed by atoms with van der Waals surface area (Å²) in [7, 11) is 3.74. The number of nitrogens with zero attached hydrogens (tertiary/aromatic N) is 5. The van der Waals surface area contributed by atoms with Crippen LogP contribution in [0.15, 0.2) is 71.8 Å². The van der Waals surface area contributed by atoms with Gasteiger partial charge < -0.3 is 34.4 Å². The van der Waals surface area contributed by atoms with Gasteiger partial charge in [0.1, 0.15) is 11.5 Å². The Hall–Kier alpha value is -4.67. The predicted octanol–water partition coefficient (Wildman–Crippen LogP) is 4.18. The molecule has 228 valence electrons. The lowest BCUT2D eigenvalue weighted by molar-refractivity contribution is 0.0980. The molecule has 10 nitrogen and oxygen atoms in total. The molecule has 44 heavy (non-hydrogen) atoms. The number of aliphatic hydroxyl groups is 1. The summed E-state index contributed by atoms with van der Waals surface area (Å²) in [6, 6.07) is 17.3. The first-order valence-corrected chi connectivity index (χ1v) is 15.0. The van der Waals surface area contributed by atoms with Crippen molar-refractivity contribution in [3.63, 3.8) is 0 Å². The Balaban J connectivity index is 1.30. The number of aliphatic hydroxyl groups excluding tert-OH is 1. The van der Waals surface area contributed by atoms with Crippen molar-refractivity contribution in [2.45, 2.75) is 20.0 Å². The fourth-order valence-corrected chi connectivity index (χ4v) is 5.94. The van der Waals surface area contributed by atoms with Crippen LogP contribution in [0, 0.1) is 0 Å². The van der Waals surface area contributed by atoms with E-state index in [-0.39, 0.29) is 18.1 Å². The van der Waals surface area contributed by atoms with Gasteiger partial charge in [-0.05, 0) is 66.9 Å². The number of benzene rings is 2. The minimum atomic E-state index is -0.265. The van der Waals surface area contributed by atoms with Gasteiger partial charge in [-0.1, -0.05) is 12.1 Å². The van der Waals surface area contributed by atoms with E-state index in [4.69, 9.17) is 4.74 Å². The molecule has 4 heterocycles. The van der Waals surface area contributed by atoms with Crippen LogP contribution in [0.5, 0.6) is 0 Å². The van der Waals surface area contributed by atoms with Crippen LogP contribution in [-0.2, 0) is 24.8 Å². The van der Waals surface area contributed by atoms with Gasteiger partial charge in [-0.15, -0.1) is 0 Å². The number of aryl methyl sites for hydroxylation is 1. The number of pyridine rings is 2. The molecule has 2 aliphatic heterocycles. The Bertz CT molecular complexity index is 1730. The van der Waals surface area contributed by atoms with Crippen LogP contribution in [0.3, 0.4) is 0 Å². The maximum absolute atomic E-state index is 13.7. The third-order valence-corrected chi connectivity index (χ3v) is 8.57. The minimum absolute atomic E-state index is 0.0850. The highest BCUT2D eigenvalue weighted by atomic mass is 16.5. The number of nitrogens with one attached hydrogen (secondary N) is 1. The van der Waals surface area contributed by atoms with Crippen LogP contribution >= 0.6 is 0 Å². The minimum Gasteiger partial charge on any atom is -0.392 e. The summed E-state index contributed by atoms with van der Waals surface area (Å²) in [5.74, 6) is 0.469. The first kappa shape index (κ1) is 29.4. The summed E-state index contributed by atoms with van der Waals surface area (Å²) in [5, 5.41) is 13.8. The van der Waals surface area contributed by atoms with Gasteiger partial charge in [0.15, 0.2) is 0 Å². The number of morpholine rings is 1. The number of ether oxygens (including phenoxy) is 1. The molecule has 0 saturated carbocycles. The molecule has 0 aliphatic carbocycles. The molecule has 2 aliphatic rings. The van der Waals surface area contributed by atoms with Gasteiger partial charge >= 0.3 is 0 Å². The molecule has 0 radical (unpaired) electrons. The van der Waals surface area contributed by atoms with Crippen molar-refractivity contribution >= 4 is 34.5 Å². The third kappa shape index (κ3) is 5.66. The van der Waals surface area contributed by atoms with Gasteiger partial charge in [-0.2, -0.15) is 0 Å². The topological polar surface area (TPSA) is 103 Å². The van der Waals surface area contributed by atoms with Crippen LogP contribution in [0.25, 0.3) is 11.1 Å². The van der Waals surface area contributed by atoms with Crippen molar-refractivity contribution in [2.75, 3.05) is 66.5 Å². The van der Waals surface area contributed by atoms with Crippen LogP contribution < -0.4 is 25.6 Å². The van der Waals surface area contributed by atoms with Crippen molar-refractivity contribution in [2.24, 2.45) is 7.05 Å². The molecule has 2 aromatic carbocycles. The highest BCUT2D eigenvalue weighted by Crippen LogP contribution is 2.35. The van der Waals surface area contributed by atoms with E-state index in [0.29, 0.717) is 54.5 Å². The molecule has 1 fully saturated rings. The zero-order valence-corrected chi connectivity index (χ0v) is 25.4. The van der Waals surface area contributed by atoms with E-state index in [0.717, 1.165) is 47.7 Å². The standard InChI is InChI=1S/C34H38N6O4/c1-4-37(2)25-8-10-28-23(18-25)12-13-40(33(28)42)31-7-5-6-27(29(31)22-41)24-19-30(34(43)38(3)21-24)36-32-11-9-26(20-35-32)39-14-16-44-17-15-39/h5-11,18-21,41H,4,12-17,22H2,1-3H3,(H,35,36). The molecule has 0 atom stereocenters. The molecule has 2 aromatic heterocycles. The normalized spacial score (nSPS) is 14.9. The van der Waals surface area contributed by atoms with Crippen molar-refractivity contribution < 1.29 is 14.6 Å². The highest BCUT2D eigenvalue weighted by Gasteiger charge is 2.28. The van der Waals surface area contributed by atoms with Crippen molar-refractivity contribution in [3.8, 4) is 11.1 Å². The summed E-state index contributed by atoms with van der Waals surface area (Å²) in [4.78, 5) is 37.5. The summed E-state index contributed by atoms with van der Waals surface area (Å²) in [5.41, 5.74) is 6.75. The average molecular weight is 595 g/mol. The second-order valence-corrected chi connectivity index (χ2v) is 11.2. The quantitative estimate of drug-likeness (QED) is 0.313. The third-order valence-electron chi connectivity index (χ3n) is 8.57. The lowest BCUT2D eigenvalue weighted by Gasteiger charge is -2.31. The van der Waals surface area contributed by atoms with E-state index < -0.39 is 0 Å². The van der Waals surface area contributed by atoms with Gasteiger partial charge in [-0.25, -0.2) is 4.98 Å². The second kappa shape index (κ2) is 12.5. The zero-order valence-electron chi connectivity index (χ0n) is 25.4. The van der Waals surface area contributed by atoms with Crippen LogP contribution in [0.4, 0.5) is 28.6 Å². The van der Waals surface area contributed by atoms with Crippen LogP contribution in [0.1, 0.15) is 28.4 Å². The number of rotatable bonds is 8. The maximum atomic E-state index is 13.7. The summed E-state index contributed by atoms with van der Waals surface area (Å²) in [6.45, 7) is 6.23. The molecule has 6 rings (SSSR count). The van der Waals surface area contributed by atoms with Crippen molar-refractivity contribution in [1.29, 1.82) is 0 Å². The lowest BCUT2D eigenvalue weighted by atomic mass is 9.94. The SMILES string of the molecule is CCN(C)c1ccc2c(c1)CCN(c1cccc(-c3cc(Nc4ccc(N5CCOCC5)cn4)c(=O)n(C)c3)c1CO)C2=O. The maximum Gasteiger partial charge on any atom is 0.274 e. The van der Waals surface area contributed by atoms with Crippen LogP contribution in [0.2, 0.25) is 0 Å². The fraction of sp³-hybridized carbons (Fsp3) is 0.324. The summed E-state index contributed by atoms with van der Waals surface area (Å²) < 4.78 is 6.95. The number of aromatic nitrogens is 2. The molecular weight excluding hydrogens is 556 g/mol. The van der Waals surface area contributed by atoms with E-state index in [1.165, 1.54) is 4.57 Å². The number of hydrogen-bond acceptors (Lipinski definition) is 8. The Morgan fingerprint density at radius 3 is 2.57 bits per heavy atom. The Kier molecular flexibility index (Phi) is 8.36. The zero-order chi connectivity index (χ0) is 30.8. The monoisotopic (exact) mass is 594 g/mol. The van der Waals surface area contributed by atoms with Crippen molar-refractivity contribution in [3.05, 3.63) is 94.0 Å².